The molecule has 1 fully saturated rings. The predicted octanol–water partition coefficient (Wildman–Crippen LogP) is 3.83. The Hall–Kier alpha value is -3.13. The SMILES string of the molecule is O=C(CN1CCN(C(=O)c2ccc(C(F)(F)F)cc2)CC1)c1c[nH]c2ccccc12. The number of ketones is 1. The number of carbonyl (C=O) groups excluding carboxylic acids is 2. The Morgan fingerprint density at radius 3 is 2.27 bits per heavy atom. The molecule has 30 heavy (non-hydrogen) atoms. The van der Waals surface area contributed by atoms with Crippen molar-refractivity contribution in [3.63, 3.8) is 0 Å². The van der Waals surface area contributed by atoms with Crippen LogP contribution in [-0.2, 0) is 6.18 Å². The van der Waals surface area contributed by atoms with Crippen molar-refractivity contribution in [3.05, 3.63) is 71.4 Å². The number of para-hydroxylation sites is 1. The van der Waals surface area contributed by atoms with E-state index in [9.17, 15) is 22.8 Å². The number of fused-ring (bicyclic) bond motifs is 1. The number of hydrogen-bond donors (Lipinski definition) is 1. The highest BCUT2D eigenvalue weighted by Crippen LogP contribution is 2.29. The molecule has 4 rings (SSSR count). The minimum absolute atomic E-state index is 0.00923. The minimum atomic E-state index is -4.43. The van der Waals surface area contributed by atoms with Crippen LogP contribution in [0.4, 0.5) is 13.2 Å². The number of H-pyrrole nitrogens is 1. The first-order chi connectivity index (χ1) is 14.3. The minimum Gasteiger partial charge on any atom is -0.360 e. The third-order valence-corrected chi connectivity index (χ3v) is 5.38. The monoisotopic (exact) mass is 415 g/mol. The van der Waals surface area contributed by atoms with E-state index in [1.165, 1.54) is 12.1 Å². The van der Waals surface area contributed by atoms with Crippen molar-refractivity contribution in [2.45, 2.75) is 6.18 Å². The molecule has 0 saturated carbocycles. The lowest BCUT2D eigenvalue weighted by atomic mass is 10.1. The fourth-order valence-electron chi connectivity index (χ4n) is 3.68. The fraction of sp³-hybridized carbons (Fsp3) is 0.273. The Morgan fingerprint density at radius 1 is 0.933 bits per heavy atom. The number of rotatable bonds is 4. The molecule has 1 N–H and O–H groups in total. The maximum atomic E-state index is 12.7. The van der Waals surface area contributed by atoms with E-state index in [1.54, 1.807) is 11.1 Å². The van der Waals surface area contributed by atoms with E-state index in [0.29, 0.717) is 31.7 Å². The van der Waals surface area contributed by atoms with Crippen LogP contribution in [0.25, 0.3) is 10.9 Å². The third-order valence-electron chi connectivity index (χ3n) is 5.38. The summed E-state index contributed by atoms with van der Waals surface area (Å²) < 4.78 is 38.0. The van der Waals surface area contributed by atoms with Crippen molar-refractivity contribution < 1.29 is 22.8 Å². The average Bonchev–Trinajstić information content (AvgIpc) is 3.18. The largest absolute Gasteiger partial charge is 0.416 e. The Kier molecular flexibility index (Phi) is 5.34. The summed E-state index contributed by atoms with van der Waals surface area (Å²) >= 11 is 0. The van der Waals surface area contributed by atoms with Gasteiger partial charge in [0, 0.05) is 54.4 Å². The van der Waals surface area contributed by atoms with Crippen molar-refractivity contribution >= 4 is 22.6 Å². The zero-order valence-electron chi connectivity index (χ0n) is 16.1. The predicted molar refractivity (Wildman–Crippen MR) is 106 cm³/mol. The van der Waals surface area contributed by atoms with Gasteiger partial charge >= 0.3 is 6.18 Å². The molecule has 1 amide bonds. The van der Waals surface area contributed by atoms with Gasteiger partial charge < -0.3 is 9.88 Å². The van der Waals surface area contributed by atoms with Crippen LogP contribution in [0.5, 0.6) is 0 Å². The lowest BCUT2D eigenvalue weighted by Gasteiger charge is -2.34. The molecule has 1 aromatic heterocycles. The van der Waals surface area contributed by atoms with Crippen molar-refractivity contribution in [2.24, 2.45) is 0 Å². The number of nitrogens with one attached hydrogen (secondary N) is 1. The number of aromatic amines is 1. The first-order valence-electron chi connectivity index (χ1n) is 9.61. The van der Waals surface area contributed by atoms with Crippen LogP contribution in [0.2, 0.25) is 0 Å². The van der Waals surface area contributed by atoms with Crippen molar-refractivity contribution in [3.8, 4) is 0 Å². The van der Waals surface area contributed by atoms with E-state index in [4.69, 9.17) is 0 Å². The smallest absolute Gasteiger partial charge is 0.360 e. The Labute approximate surface area is 171 Å². The van der Waals surface area contributed by atoms with Gasteiger partial charge in [-0.2, -0.15) is 13.2 Å². The van der Waals surface area contributed by atoms with E-state index in [1.807, 2.05) is 29.2 Å². The lowest BCUT2D eigenvalue weighted by Crippen LogP contribution is -2.49. The standard InChI is InChI=1S/C22H20F3N3O2/c23-22(24,25)16-7-5-15(6-8-16)21(30)28-11-9-27(10-12-28)14-20(29)18-13-26-19-4-2-1-3-17(18)19/h1-8,13,26H,9-12,14H2. The Morgan fingerprint density at radius 2 is 1.60 bits per heavy atom. The average molecular weight is 415 g/mol. The number of nitrogens with zero attached hydrogens (tertiary/aromatic N) is 2. The van der Waals surface area contributed by atoms with E-state index in [-0.39, 0.29) is 23.8 Å². The first-order valence-corrected chi connectivity index (χ1v) is 9.61. The number of carbonyl (C=O) groups is 2. The molecule has 0 atom stereocenters. The molecule has 0 unspecified atom stereocenters. The van der Waals surface area contributed by atoms with Gasteiger partial charge in [-0.15, -0.1) is 0 Å². The lowest BCUT2D eigenvalue weighted by molar-refractivity contribution is -0.137. The van der Waals surface area contributed by atoms with Crippen LogP contribution in [0, 0.1) is 0 Å². The number of Topliss-reactive ketones (excluding diaryl/α,β-unsaturated/α-hetero) is 1. The van der Waals surface area contributed by atoms with Gasteiger partial charge in [-0.1, -0.05) is 18.2 Å². The van der Waals surface area contributed by atoms with Crippen LogP contribution in [0.15, 0.2) is 54.7 Å². The van der Waals surface area contributed by atoms with Gasteiger partial charge in [-0.25, -0.2) is 0 Å². The number of halogens is 3. The molecular formula is C22H20F3N3O2. The zero-order chi connectivity index (χ0) is 21.3. The molecule has 8 heteroatoms. The first kappa shape index (κ1) is 20.2. The van der Waals surface area contributed by atoms with Gasteiger partial charge in [0.15, 0.2) is 5.78 Å². The van der Waals surface area contributed by atoms with Gasteiger partial charge in [-0.3, -0.25) is 14.5 Å². The molecule has 1 aliphatic rings. The molecule has 0 bridgehead atoms. The van der Waals surface area contributed by atoms with Crippen molar-refractivity contribution in [2.75, 3.05) is 32.7 Å². The fourth-order valence-corrected chi connectivity index (χ4v) is 3.68. The summed E-state index contributed by atoms with van der Waals surface area (Å²) in [7, 11) is 0. The van der Waals surface area contributed by atoms with Crippen LogP contribution < -0.4 is 0 Å². The van der Waals surface area contributed by atoms with Crippen molar-refractivity contribution in [1.29, 1.82) is 0 Å². The van der Waals surface area contributed by atoms with Crippen LogP contribution in [-0.4, -0.2) is 59.2 Å². The number of aromatic nitrogens is 1. The molecule has 3 aromatic rings. The van der Waals surface area contributed by atoms with Gasteiger partial charge in [0.1, 0.15) is 0 Å². The quantitative estimate of drug-likeness (QED) is 0.659. The molecule has 0 radical (unpaired) electrons. The van der Waals surface area contributed by atoms with E-state index in [0.717, 1.165) is 23.0 Å². The third kappa shape index (κ3) is 4.09. The second kappa shape index (κ2) is 7.95. The summed E-state index contributed by atoms with van der Waals surface area (Å²) in [5.74, 6) is -0.290. The van der Waals surface area contributed by atoms with E-state index < -0.39 is 11.7 Å². The molecule has 0 spiro atoms. The number of piperazine rings is 1. The highest BCUT2D eigenvalue weighted by molar-refractivity contribution is 6.08. The topological polar surface area (TPSA) is 56.4 Å². The number of benzene rings is 2. The summed E-state index contributed by atoms with van der Waals surface area (Å²) in [4.78, 5) is 32.0. The molecule has 0 aliphatic carbocycles. The second-order valence-corrected chi connectivity index (χ2v) is 7.31. The molecule has 2 aromatic carbocycles. The highest BCUT2D eigenvalue weighted by Gasteiger charge is 2.31. The summed E-state index contributed by atoms with van der Waals surface area (Å²) in [6, 6.07) is 11.9. The van der Waals surface area contributed by atoms with Crippen molar-refractivity contribution in [1.82, 2.24) is 14.8 Å². The maximum Gasteiger partial charge on any atom is 0.416 e. The number of hydrogen-bond acceptors (Lipinski definition) is 3. The highest BCUT2D eigenvalue weighted by atomic mass is 19.4. The zero-order valence-corrected chi connectivity index (χ0v) is 16.1. The summed E-state index contributed by atoms with van der Waals surface area (Å²) in [5.41, 5.74) is 1.01. The van der Waals surface area contributed by atoms with Crippen LogP contribution in [0.3, 0.4) is 0 Å². The summed E-state index contributed by atoms with van der Waals surface area (Å²) in [6.45, 7) is 2.15. The normalized spacial score (nSPS) is 15.5. The Balaban J connectivity index is 1.34. The maximum absolute atomic E-state index is 12.7. The summed E-state index contributed by atoms with van der Waals surface area (Å²) in [6.07, 6.45) is -2.71. The van der Waals surface area contributed by atoms with Gasteiger partial charge in [0.25, 0.3) is 5.91 Å². The van der Waals surface area contributed by atoms with Gasteiger partial charge in [0.2, 0.25) is 0 Å². The van der Waals surface area contributed by atoms with E-state index >= 15 is 0 Å². The molecule has 5 nitrogen and oxygen atoms in total. The number of amides is 1. The molecular weight excluding hydrogens is 395 g/mol. The molecule has 1 aliphatic heterocycles. The van der Waals surface area contributed by atoms with Gasteiger partial charge in [-0.05, 0) is 30.3 Å². The van der Waals surface area contributed by atoms with Gasteiger partial charge in [0.05, 0.1) is 12.1 Å². The molecule has 1 saturated heterocycles. The van der Waals surface area contributed by atoms with Crippen LogP contribution in [0.1, 0.15) is 26.3 Å². The number of alkyl halides is 3. The molecule has 156 valence electrons. The summed E-state index contributed by atoms with van der Waals surface area (Å²) in [5, 5.41) is 0.888. The molecule has 2 heterocycles. The van der Waals surface area contributed by atoms with Crippen LogP contribution >= 0.6 is 0 Å². The Bertz CT molecular complexity index is 1070. The van der Waals surface area contributed by atoms with E-state index in [2.05, 4.69) is 4.98 Å². The second-order valence-electron chi connectivity index (χ2n) is 7.31.